The molecular formula is C22H27N3O4S. The molecule has 0 radical (unpaired) electrons. The highest BCUT2D eigenvalue weighted by Crippen LogP contribution is 2.24. The minimum absolute atomic E-state index is 0.0223. The third-order valence-corrected chi connectivity index (χ3v) is 6.53. The lowest BCUT2D eigenvalue weighted by Gasteiger charge is -2.14. The summed E-state index contributed by atoms with van der Waals surface area (Å²) in [5, 5.41) is 5.41. The van der Waals surface area contributed by atoms with Crippen LogP contribution in [-0.4, -0.2) is 32.8 Å². The van der Waals surface area contributed by atoms with Crippen LogP contribution in [0.5, 0.6) is 0 Å². The van der Waals surface area contributed by atoms with Crippen molar-refractivity contribution in [2.75, 3.05) is 11.9 Å². The summed E-state index contributed by atoms with van der Waals surface area (Å²) >= 11 is 0. The summed E-state index contributed by atoms with van der Waals surface area (Å²) in [5.41, 5.74) is 4.59. The molecule has 1 aliphatic carbocycles. The molecule has 0 bridgehead atoms. The smallest absolute Gasteiger partial charge is 0.252 e. The first-order valence-electron chi connectivity index (χ1n) is 9.85. The van der Waals surface area contributed by atoms with E-state index >= 15 is 0 Å². The molecule has 2 aromatic carbocycles. The average molecular weight is 430 g/mol. The molecule has 2 aromatic rings. The first kappa shape index (κ1) is 22.0. The topological polar surface area (TPSA) is 104 Å². The highest BCUT2D eigenvalue weighted by atomic mass is 32.2. The number of hydrogen-bond donors (Lipinski definition) is 3. The Morgan fingerprint density at radius 3 is 2.20 bits per heavy atom. The van der Waals surface area contributed by atoms with Crippen LogP contribution in [0.2, 0.25) is 0 Å². The average Bonchev–Trinajstić information content (AvgIpc) is 3.46. The van der Waals surface area contributed by atoms with E-state index in [4.69, 9.17) is 0 Å². The van der Waals surface area contributed by atoms with Gasteiger partial charge in [0, 0.05) is 17.3 Å². The number of carbonyl (C=O) groups excluding carboxylic acids is 2. The quantitative estimate of drug-likeness (QED) is 0.629. The molecule has 0 spiro atoms. The molecule has 0 aromatic heterocycles. The number of nitrogens with one attached hydrogen (secondary N) is 3. The van der Waals surface area contributed by atoms with E-state index in [0.29, 0.717) is 5.56 Å². The van der Waals surface area contributed by atoms with Crippen LogP contribution in [0.1, 0.15) is 45.5 Å². The molecule has 1 saturated carbocycles. The second-order valence-electron chi connectivity index (χ2n) is 7.88. The molecule has 0 saturated heterocycles. The van der Waals surface area contributed by atoms with E-state index in [1.54, 1.807) is 13.0 Å². The van der Waals surface area contributed by atoms with Crippen molar-refractivity contribution < 1.29 is 18.0 Å². The van der Waals surface area contributed by atoms with Gasteiger partial charge in [-0.2, -0.15) is 0 Å². The molecule has 0 heterocycles. The summed E-state index contributed by atoms with van der Waals surface area (Å²) in [5.74, 6) is -0.848. The van der Waals surface area contributed by atoms with Crippen LogP contribution >= 0.6 is 0 Å². The number of rotatable bonds is 7. The van der Waals surface area contributed by atoms with E-state index in [-0.39, 0.29) is 29.0 Å². The predicted octanol–water partition coefficient (Wildman–Crippen LogP) is 2.73. The summed E-state index contributed by atoms with van der Waals surface area (Å²) in [6, 6.07) is 8.35. The summed E-state index contributed by atoms with van der Waals surface area (Å²) in [7, 11) is -3.66. The number of carbonyl (C=O) groups is 2. The van der Waals surface area contributed by atoms with Gasteiger partial charge in [0.1, 0.15) is 0 Å². The largest absolute Gasteiger partial charge is 0.343 e. The Hall–Kier alpha value is -2.71. The van der Waals surface area contributed by atoms with Gasteiger partial charge in [0.2, 0.25) is 15.9 Å². The number of hydrogen-bond acceptors (Lipinski definition) is 4. The molecule has 1 aliphatic rings. The van der Waals surface area contributed by atoms with E-state index < -0.39 is 15.9 Å². The normalized spacial score (nSPS) is 13.7. The number of aryl methyl sites for hydroxylation is 4. The minimum Gasteiger partial charge on any atom is -0.343 e. The van der Waals surface area contributed by atoms with Gasteiger partial charge < -0.3 is 10.6 Å². The van der Waals surface area contributed by atoms with Crippen LogP contribution in [0.25, 0.3) is 0 Å². The number of anilines is 1. The van der Waals surface area contributed by atoms with Crippen molar-refractivity contribution in [2.24, 2.45) is 0 Å². The zero-order valence-corrected chi connectivity index (χ0v) is 18.4. The van der Waals surface area contributed by atoms with Gasteiger partial charge in [-0.3, -0.25) is 9.59 Å². The van der Waals surface area contributed by atoms with E-state index in [9.17, 15) is 18.0 Å². The van der Waals surface area contributed by atoms with Gasteiger partial charge in [-0.15, -0.1) is 0 Å². The van der Waals surface area contributed by atoms with Crippen molar-refractivity contribution in [3.63, 3.8) is 0 Å². The molecule has 3 N–H and O–H groups in total. The van der Waals surface area contributed by atoms with Crippen LogP contribution < -0.4 is 15.4 Å². The Labute approximate surface area is 177 Å². The SMILES string of the molecule is Cc1cc(C)c(NC(=O)CNC(=O)c2cc(S(=O)(=O)NC3CC3)ccc2C)c(C)c1. The van der Waals surface area contributed by atoms with Gasteiger partial charge >= 0.3 is 0 Å². The molecule has 160 valence electrons. The highest BCUT2D eigenvalue weighted by Gasteiger charge is 2.28. The Morgan fingerprint density at radius 1 is 0.967 bits per heavy atom. The first-order chi connectivity index (χ1) is 14.1. The molecule has 7 nitrogen and oxygen atoms in total. The number of amides is 2. The molecule has 2 amide bonds. The molecule has 0 atom stereocenters. The maximum absolute atomic E-state index is 12.6. The van der Waals surface area contributed by atoms with Gasteiger partial charge in [0.05, 0.1) is 11.4 Å². The van der Waals surface area contributed by atoms with Crippen molar-refractivity contribution in [3.8, 4) is 0 Å². The van der Waals surface area contributed by atoms with Crippen LogP contribution in [-0.2, 0) is 14.8 Å². The summed E-state index contributed by atoms with van der Waals surface area (Å²) in [6.45, 7) is 7.32. The Bertz CT molecular complexity index is 1080. The molecular weight excluding hydrogens is 402 g/mol. The first-order valence-corrected chi connectivity index (χ1v) is 11.3. The van der Waals surface area contributed by atoms with E-state index in [2.05, 4.69) is 15.4 Å². The van der Waals surface area contributed by atoms with Gasteiger partial charge in [-0.1, -0.05) is 23.8 Å². The highest BCUT2D eigenvalue weighted by molar-refractivity contribution is 7.89. The molecule has 1 fully saturated rings. The van der Waals surface area contributed by atoms with Gasteiger partial charge in [0.15, 0.2) is 0 Å². The Kier molecular flexibility index (Phi) is 6.28. The van der Waals surface area contributed by atoms with Gasteiger partial charge in [-0.05, 0) is 69.4 Å². The maximum atomic E-state index is 12.6. The lowest BCUT2D eigenvalue weighted by Crippen LogP contribution is -2.33. The van der Waals surface area contributed by atoms with Crippen LogP contribution in [0, 0.1) is 27.7 Å². The van der Waals surface area contributed by atoms with Crippen molar-refractivity contribution >= 4 is 27.5 Å². The van der Waals surface area contributed by atoms with Crippen molar-refractivity contribution in [2.45, 2.75) is 51.5 Å². The number of sulfonamides is 1. The fourth-order valence-corrected chi connectivity index (χ4v) is 4.65. The fraction of sp³-hybridized carbons (Fsp3) is 0.364. The van der Waals surface area contributed by atoms with Gasteiger partial charge in [0.25, 0.3) is 5.91 Å². The lowest BCUT2D eigenvalue weighted by molar-refractivity contribution is -0.115. The molecule has 3 rings (SSSR count). The third kappa shape index (κ3) is 5.25. The predicted molar refractivity (Wildman–Crippen MR) is 116 cm³/mol. The van der Waals surface area contributed by atoms with E-state index in [1.807, 2.05) is 32.9 Å². The molecule has 0 aliphatic heterocycles. The van der Waals surface area contributed by atoms with Crippen molar-refractivity contribution in [1.82, 2.24) is 10.0 Å². The van der Waals surface area contributed by atoms with Crippen LogP contribution in [0.3, 0.4) is 0 Å². The Morgan fingerprint density at radius 2 is 1.60 bits per heavy atom. The second-order valence-corrected chi connectivity index (χ2v) is 9.59. The number of benzene rings is 2. The van der Waals surface area contributed by atoms with E-state index in [1.165, 1.54) is 12.1 Å². The lowest BCUT2D eigenvalue weighted by atomic mass is 10.1. The van der Waals surface area contributed by atoms with Crippen molar-refractivity contribution in [3.05, 3.63) is 58.1 Å². The fourth-order valence-electron chi connectivity index (χ4n) is 3.32. The molecule has 8 heteroatoms. The van der Waals surface area contributed by atoms with Crippen molar-refractivity contribution in [1.29, 1.82) is 0 Å². The van der Waals surface area contributed by atoms with Crippen LogP contribution in [0.4, 0.5) is 5.69 Å². The Balaban J connectivity index is 1.67. The zero-order chi connectivity index (χ0) is 22.1. The standard InChI is InChI=1S/C22H27N3O4S/c1-13-9-15(3)21(16(4)10-13)24-20(26)12-23-22(27)19-11-18(8-5-14(19)2)30(28,29)25-17-6-7-17/h5,8-11,17,25H,6-7,12H2,1-4H3,(H,23,27)(H,24,26). The molecule has 30 heavy (non-hydrogen) atoms. The molecule has 0 unspecified atom stereocenters. The third-order valence-electron chi connectivity index (χ3n) is 5.01. The zero-order valence-electron chi connectivity index (χ0n) is 17.6. The summed E-state index contributed by atoms with van der Waals surface area (Å²) < 4.78 is 27.4. The summed E-state index contributed by atoms with van der Waals surface area (Å²) in [6.07, 6.45) is 1.65. The second kappa shape index (κ2) is 8.57. The summed E-state index contributed by atoms with van der Waals surface area (Å²) in [4.78, 5) is 25.0. The van der Waals surface area contributed by atoms with E-state index in [0.717, 1.165) is 35.2 Å². The maximum Gasteiger partial charge on any atom is 0.252 e. The monoisotopic (exact) mass is 429 g/mol. The van der Waals surface area contributed by atoms with Crippen LogP contribution in [0.15, 0.2) is 35.2 Å². The van der Waals surface area contributed by atoms with Gasteiger partial charge in [-0.25, -0.2) is 13.1 Å². The minimum atomic E-state index is -3.66.